The number of rotatable bonds is 3. The number of ether oxygens (including phenoxy) is 1. The number of aliphatic hydroxyl groups is 1. The fourth-order valence-corrected chi connectivity index (χ4v) is 2.10. The Bertz CT molecular complexity index is 326. The Morgan fingerprint density at radius 2 is 2.06 bits per heavy atom. The molecule has 2 unspecified atom stereocenters. The van der Waals surface area contributed by atoms with Crippen molar-refractivity contribution in [3.63, 3.8) is 0 Å². The summed E-state index contributed by atoms with van der Waals surface area (Å²) in [6.45, 7) is 5.19. The highest BCUT2D eigenvalue weighted by atomic mass is 16.5. The van der Waals surface area contributed by atoms with E-state index >= 15 is 0 Å². The van der Waals surface area contributed by atoms with Crippen LogP contribution in [0.3, 0.4) is 0 Å². The first-order valence-electron chi connectivity index (χ1n) is 5.79. The van der Waals surface area contributed by atoms with Crippen molar-refractivity contribution >= 4 is 0 Å². The van der Waals surface area contributed by atoms with E-state index in [0.29, 0.717) is 6.04 Å². The molecule has 1 aliphatic rings. The second kappa shape index (κ2) is 4.95. The molecular weight excluding hydrogens is 202 g/mol. The fourth-order valence-electron chi connectivity index (χ4n) is 2.10. The lowest BCUT2D eigenvalue weighted by atomic mass is 10.1. The van der Waals surface area contributed by atoms with Crippen LogP contribution in [0.5, 0.6) is 0 Å². The Labute approximate surface area is 96.6 Å². The average molecular weight is 221 g/mol. The Balaban J connectivity index is 2.19. The van der Waals surface area contributed by atoms with E-state index in [0.717, 1.165) is 12.1 Å². The summed E-state index contributed by atoms with van der Waals surface area (Å²) in [4.78, 5) is 2.27. The molecule has 3 heteroatoms. The molecule has 2 atom stereocenters. The maximum Gasteiger partial charge on any atom is 0.137 e. The van der Waals surface area contributed by atoms with Crippen LogP contribution in [0.2, 0.25) is 0 Å². The largest absolute Gasteiger partial charge is 0.394 e. The zero-order valence-corrected chi connectivity index (χ0v) is 9.84. The van der Waals surface area contributed by atoms with E-state index in [2.05, 4.69) is 30.9 Å². The summed E-state index contributed by atoms with van der Waals surface area (Å²) in [5.41, 5.74) is 1.16. The van der Waals surface area contributed by atoms with Crippen LogP contribution in [0.15, 0.2) is 30.3 Å². The van der Waals surface area contributed by atoms with Gasteiger partial charge in [-0.25, -0.2) is 0 Å². The van der Waals surface area contributed by atoms with Gasteiger partial charge in [0.15, 0.2) is 0 Å². The smallest absolute Gasteiger partial charge is 0.137 e. The van der Waals surface area contributed by atoms with Crippen LogP contribution in [0.1, 0.15) is 25.6 Å². The molecule has 1 N–H and O–H groups in total. The molecule has 1 aromatic carbocycles. The first-order chi connectivity index (χ1) is 7.72. The molecule has 3 nitrogen and oxygen atoms in total. The normalized spacial score (nSPS) is 26.5. The molecule has 1 aromatic rings. The summed E-state index contributed by atoms with van der Waals surface area (Å²) in [6.07, 6.45) is -0.0778. The van der Waals surface area contributed by atoms with Crippen LogP contribution in [-0.4, -0.2) is 35.3 Å². The zero-order valence-electron chi connectivity index (χ0n) is 9.84. The minimum Gasteiger partial charge on any atom is -0.394 e. The lowest BCUT2D eigenvalue weighted by Gasteiger charge is -2.26. The Morgan fingerprint density at radius 1 is 1.38 bits per heavy atom. The third kappa shape index (κ3) is 2.26. The standard InChI is InChI=1S/C13H19NO2/c1-10(2)14-8-12(9-15)16-13(14)11-6-4-3-5-7-11/h3-7,10,12-13,15H,8-9H2,1-2H3. The predicted octanol–water partition coefficient (Wildman–Crippen LogP) is 1.79. The minimum atomic E-state index is -0.0624. The van der Waals surface area contributed by atoms with E-state index in [1.165, 1.54) is 0 Å². The van der Waals surface area contributed by atoms with Gasteiger partial charge in [-0.1, -0.05) is 30.3 Å². The number of nitrogens with zero attached hydrogens (tertiary/aromatic N) is 1. The molecule has 16 heavy (non-hydrogen) atoms. The molecule has 1 aliphatic heterocycles. The van der Waals surface area contributed by atoms with Crippen molar-refractivity contribution in [2.45, 2.75) is 32.2 Å². The van der Waals surface area contributed by atoms with Crippen molar-refractivity contribution in [3.05, 3.63) is 35.9 Å². The molecule has 0 saturated carbocycles. The second-order valence-corrected chi connectivity index (χ2v) is 4.49. The van der Waals surface area contributed by atoms with Gasteiger partial charge in [0.2, 0.25) is 0 Å². The van der Waals surface area contributed by atoms with Crippen molar-refractivity contribution in [2.75, 3.05) is 13.2 Å². The first kappa shape index (κ1) is 11.6. The van der Waals surface area contributed by atoms with Crippen molar-refractivity contribution in [1.82, 2.24) is 4.90 Å². The van der Waals surface area contributed by atoms with Crippen molar-refractivity contribution in [1.29, 1.82) is 0 Å². The number of hydrogen-bond acceptors (Lipinski definition) is 3. The Kier molecular flexibility index (Phi) is 3.59. The summed E-state index contributed by atoms with van der Waals surface area (Å²) in [5, 5.41) is 9.18. The van der Waals surface area contributed by atoms with Crippen LogP contribution in [0.4, 0.5) is 0 Å². The molecular formula is C13H19NO2. The van der Waals surface area contributed by atoms with E-state index in [1.54, 1.807) is 0 Å². The van der Waals surface area contributed by atoms with Crippen molar-refractivity contribution < 1.29 is 9.84 Å². The molecule has 0 aromatic heterocycles. The molecule has 1 heterocycles. The molecule has 0 radical (unpaired) electrons. The SMILES string of the molecule is CC(C)N1CC(CO)OC1c1ccccc1. The van der Waals surface area contributed by atoms with Crippen LogP contribution < -0.4 is 0 Å². The summed E-state index contributed by atoms with van der Waals surface area (Å²) in [7, 11) is 0. The van der Waals surface area contributed by atoms with Gasteiger partial charge in [-0.2, -0.15) is 0 Å². The van der Waals surface area contributed by atoms with Crippen LogP contribution in [0, 0.1) is 0 Å². The summed E-state index contributed by atoms with van der Waals surface area (Å²) >= 11 is 0. The molecule has 1 fully saturated rings. The van der Waals surface area contributed by atoms with E-state index in [4.69, 9.17) is 4.74 Å². The molecule has 0 amide bonds. The van der Waals surface area contributed by atoms with E-state index < -0.39 is 0 Å². The third-order valence-corrected chi connectivity index (χ3v) is 2.99. The highest BCUT2D eigenvalue weighted by Gasteiger charge is 2.34. The molecule has 0 spiro atoms. The maximum absolute atomic E-state index is 9.18. The van der Waals surface area contributed by atoms with Gasteiger partial charge in [-0.3, -0.25) is 4.90 Å². The zero-order chi connectivity index (χ0) is 11.5. The van der Waals surface area contributed by atoms with Crippen LogP contribution >= 0.6 is 0 Å². The Morgan fingerprint density at radius 3 is 2.62 bits per heavy atom. The van der Waals surface area contributed by atoms with Crippen molar-refractivity contribution in [3.8, 4) is 0 Å². The lowest BCUT2D eigenvalue weighted by molar-refractivity contribution is -0.0266. The topological polar surface area (TPSA) is 32.7 Å². The quantitative estimate of drug-likeness (QED) is 0.844. The minimum absolute atomic E-state index is 0.0154. The summed E-state index contributed by atoms with van der Waals surface area (Å²) < 4.78 is 5.85. The van der Waals surface area contributed by atoms with Gasteiger partial charge >= 0.3 is 0 Å². The monoisotopic (exact) mass is 221 g/mol. The highest BCUT2D eigenvalue weighted by Crippen LogP contribution is 2.31. The molecule has 0 bridgehead atoms. The van der Waals surface area contributed by atoms with Crippen LogP contribution in [0.25, 0.3) is 0 Å². The second-order valence-electron chi connectivity index (χ2n) is 4.49. The van der Waals surface area contributed by atoms with Crippen LogP contribution in [-0.2, 0) is 4.74 Å². The van der Waals surface area contributed by atoms with Gasteiger partial charge in [0.1, 0.15) is 6.23 Å². The average Bonchev–Trinajstić information content (AvgIpc) is 2.74. The number of benzene rings is 1. The lowest BCUT2D eigenvalue weighted by Crippen LogP contribution is -2.32. The van der Waals surface area contributed by atoms with Gasteiger partial charge in [0.25, 0.3) is 0 Å². The van der Waals surface area contributed by atoms with Gasteiger partial charge in [0.05, 0.1) is 12.7 Å². The Hall–Kier alpha value is -0.900. The van der Waals surface area contributed by atoms with Crippen molar-refractivity contribution in [2.24, 2.45) is 0 Å². The molecule has 1 saturated heterocycles. The number of hydrogen-bond donors (Lipinski definition) is 1. The molecule has 88 valence electrons. The summed E-state index contributed by atoms with van der Waals surface area (Å²) in [6, 6.07) is 10.6. The first-order valence-corrected chi connectivity index (χ1v) is 5.79. The predicted molar refractivity (Wildman–Crippen MR) is 63.0 cm³/mol. The third-order valence-electron chi connectivity index (χ3n) is 2.99. The van der Waals surface area contributed by atoms with E-state index in [-0.39, 0.29) is 18.9 Å². The molecule has 2 rings (SSSR count). The fraction of sp³-hybridized carbons (Fsp3) is 0.538. The summed E-state index contributed by atoms with van der Waals surface area (Å²) in [5.74, 6) is 0. The van der Waals surface area contributed by atoms with Gasteiger partial charge in [-0.15, -0.1) is 0 Å². The van der Waals surface area contributed by atoms with Gasteiger partial charge < -0.3 is 9.84 Å². The van der Waals surface area contributed by atoms with Gasteiger partial charge in [0, 0.05) is 12.6 Å². The van der Waals surface area contributed by atoms with E-state index in [1.807, 2.05) is 18.2 Å². The van der Waals surface area contributed by atoms with Gasteiger partial charge in [-0.05, 0) is 19.4 Å². The van der Waals surface area contributed by atoms with E-state index in [9.17, 15) is 5.11 Å². The highest BCUT2D eigenvalue weighted by molar-refractivity contribution is 5.18. The maximum atomic E-state index is 9.18. The molecule has 0 aliphatic carbocycles. The number of aliphatic hydroxyl groups excluding tert-OH is 1.